The standard InChI is InChI=1S/C15H21FN2O2/c1-10(2)9-13(15(20)18(3)4)17-14(19)11-7-5-6-8-12(11)16/h5-8,10,13H,9H2,1-4H3,(H,17,19)/t13-/m1/s1. The van der Waals surface area contributed by atoms with Gasteiger partial charge in [-0.2, -0.15) is 0 Å². The molecule has 0 radical (unpaired) electrons. The molecule has 0 saturated carbocycles. The maximum absolute atomic E-state index is 13.6. The second-order valence-corrected chi connectivity index (χ2v) is 5.37. The maximum Gasteiger partial charge on any atom is 0.254 e. The Bertz CT molecular complexity index is 487. The van der Waals surface area contributed by atoms with E-state index < -0.39 is 17.8 Å². The number of carbonyl (C=O) groups excluding carboxylic acids is 2. The van der Waals surface area contributed by atoms with Crippen LogP contribution < -0.4 is 5.32 Å². The molecular weight excluding hydrogens is 259 g/mol. The lowest BCUT2D eigenvalue weighted by Gasteiger charge is -2.23. The van der Waals surface area contributed by atoms with Crippen LogP contribution in [0.1, 0.15) is 30.6 Å². The minimum absolute atomic E-state index is 0.0483. The highest BCUT2D eigenvalue weighted by Crippen LogP contribution is 2.10. The first kappa shape index (κ1) is 16.1. The quantitative estimate of drug-likeness (QED) is 0.897. The third kappa shape index (κ3) is 4.33. The summed E-state index contributed by atoms with van der Waals surface area (Å²) in [6, 6.07) is 5.08. The molecule has 0 aliphatic heterocycles. The molecule has 110 valence electrons. The number of carbonyl (C=O) groups is 2. The van der Waals surface area contributed by atoms with Crippen LogP contribution in [0, 0.1) is 11.7 Å². The molecule has 0 fully saturated rings. The van der Waals surface area contributed by atoms with E-state index in [4.69, 9.17) is 0 Å². The van der Waals surface area contributed by atoms with Crippen molar-refractivity contribution in [3.63, 3.8) is 0 Å². The normalized spacial score (nSPS) is 12.1. The number of halogens is 1. The van der Waals surface area contributed by atoms with Crippen LogP contribution in [-0.2, 0) is 4.79 Å². The lowest BCUT2D eigenvalue weighted by atomic mass is 10.0. The molecule has 0 spiro atoms. The highest BCUT2D eigenvalue weighted by Gasteiger charge is 2.24. The van der Waals surface area contributed by atoms with E-state index in [0.29, 0.717) is 6.42 Å². The first-order valence-electron chi connectivity index (χ1n) is 6.59. The number of nitrogens with one attached hydrogen (secondary N) is 1. The monoisotopic (exact) mass is 280 g/mol. The highest BCUT2D eigenvalue weighted by molar-refractivity contribution is 5.97. The van der Waals surface area contributed by atoms with Crippen LogP contribution in [0.5, 0.6) is 0 Å². The van der Waals surface area contributed by atoms with Gasteiger partial charge in [0.25, 0.3) is 5.91 Å². The Labute approximate surface area is 119 Å². The Hall–Kier alpha value is -1.91. The minimum atomic E-state index is -0.642. The van der Waals surface area contributed by atoms with Crippen LogP contribution >= 0.6 is 0 Å². The highest BCUT2D eigenvalue weighted by atomic mass is 19.1. The molecule has 5 heteroatoms. The number of nitrogens with zero attached hydrogens (tertiary/aromatic N) is 1. The summed E-state index contributed by atoms with van der Waals surface area (Å²) < 4.78 is 13.6. The van der Waals surface area contributed by atoms with Gasteiger partial charge in [0.15, 0.2) is 0 Å². The average molecular weight is 280 g/mol. The molecule has 1 aromatic rings. The van der Waals surface area contributed by atoms with E-state index in [1.54, 1.807) is 20.2 Å². The van der Waals surface area contributed by atoms with Crippen molar-refractivity contribution in [2.45, 2.75) is 26.3 Å². The van der Waals surface area contributed by atoms with Crippen LogP contribution in [-0.4, -0.2) is 36.9 Å². The van der Waals surface area contributed by atoms with Crippen molar-refractivity contribution in [1.29, 1.82) is 0 Å². The summed E-state index contributed by atoms with van der Waals surface area (Å²) in [5, 5.41) is 2.62. The van der Waals surface area contributed by atoms with Gasteiger partial charge in [-0.1, -0.05) is 26.0 Å². The lowest BCUT2D eigenvalue weighted by molar-refractivity contribution is -0.131. The molecule has 0 saturated heterocycles. The Morgan fingerprint density at radius 1 is 1.25 bits per heavy atom. The second-order valence-electron chi connectivity index (χ2n) is 5.37. The van der Waals surface area contributed by atoms with E-state index in [0.717, 1.165) is 0 Å². The number of likely N-dealkylation sites (N-methyl/N-ethyl adjacent to an activating group) is 1. The third-order valence-corrected chi connectivity index (χ3v) is 2.87. The van der Waals surface area contributed by atoms with Crippen LogP contribution in [0.25, 0.3) is 0 Å². The van der Waals surface area contributed by atoms with Crippen LogP contribution in [0.3, 0.4) is 0 Å². The molecule has 0 aromatic heterocycles. The van der Waals surface area contributed by atoms with Gasteiger partial charge in [-0.3, -0.25) is 9.59 Å². The summed E-state index contributed by atoms with van der Waals surface area (Å²) >= 11 is 0. The van der Waals surface area contributed by atoms with E-state index in [-0.39, 0.29) is 17.4 Å². The molecular formula is C15H21FN2O2. The molecule has 4 nitrogen and oxygen atoms in total. The zero-order chi connectivity index (χ0) is 15.3. The third-order valence-electron chi connectivity index (χ3n) is 2.87. The predicted molar refractivity (Wildman–Crippen MR) is 75.8 cm³/mol. The predicted octanol–water partition coefficient (Wildman–Crippen LogP) is 2.06. The van der Waals surface area contributed by atoms with Gasteiger partial charge in [0.1, 0.15) is 11.9 Å². The van der Waals surface area contributed by atoms with Gasteiger partial charge in [0.05, 0.1) is 5.56 Å². The van der Waals surface area contributed by atoms with E-state index in [9.17, 15) is 14.0 Å². The van der Waals surface area contributed by atoms with Gasteiger partial charge >= 0.3 is 0 Å². The Morgan fingerprint density at radius 2 is 1.85 bits per heavy atom. The molecule has 1 rings (SSSR count). The van der Waals surface area contributed by atoms with Gasteiger partial charge in [0, 0.05) is 14.1 Å². The largest absolute Gasteiger partial charge is 0.347 e. The number of rotatable bonds is 5. The summed E-state index contributed by atoms with van der Waals surface area (Å²) in [6.45, 7) is 3.93. The summed E-state index contributed by atoms with van der Waals surface area (Å²) in [7, 11) is 3.26. The zero-order valence-electron chi connectivity index (χ0n) is 12.3. The van der Waals surface area contributed by atoms with Crippen LogP contribution in [0.15, 0.2) is 24.3 Å². The SMILES string of the molecule is CC(C)C[C@@H](NC(=O)c1ccccc1F)C(=O)N(C)C. The van der Waals surface area contributed by atoms with E-state index in [1.165, 1.54) is 23.1 Å². The van der Waals surface area contributed by atoms with E-state index in [2.05, 4.69) is 5.32 Å². The Morgan fingerprint density at radius 3 is 2.35 bits per heavy atom. The number of hydrogen-bond donors (Lipinski definition) is 1. The summed E-state index contributed by atoms with van der Waals surface area (Å²) in [5.41, 5.74) is -0.0483. The molecule has 20 heavy (non-hydrogen) atoms. The van der Waals surface area contributed by atoms with Crippen molar-refractivity contribution >= 4 is 11.8 Å². The number of benzene rings is 1. The molecule has 0 unspecified atom stereocenters. The molecule has 0 bridgehead atoms. The van der Waals surface area contributed by atoms with E-state index >= 15 is 0 Å². The smallest absolute Gasteiger partial charge is 0.254 e. The zero-order valence-corrected chi connectivity index (χ0v) is 12.3. The molecule has 0 aliphatic rings. The van der Waals surface area contributed by atoms with Gasteiger partial charge < -0.3 is 10.2 Å². The first-order valence-corrected chi connectivity index (χ1v) is 6.59. The fourth-order valence-corrected chi connectivity index (χ4v) is 1.89. The van der Waals surface area contributed by atoms with Crippen molar-refractivity contribution in [3.8, 4) is 0 Å². The van der Waals surface area contributed by atoms with Crippen LogP contribution in [0.2, 0.25) is 0 Å². The van der Waals surface area contributed by atoms with Gasteiger partial charge in [-0.05, 0) is 24.5 Å². The van der Waals surface area contributed by atoms with E-state index in [1.807, 2.05) is 13.8 Å². The van der Waals surface area contributed by atoms with Crippen molar-refractivity contribution < 1.29 is 14.0 Å². The second kappa shape index (κ2) is 7.03. The summed E-state index contributed by atoms with van der Waals surface area (Å²) in [4.78, 5) is 25.5. The van der Waals surface area contributed by atoms with Gasteiger partial charge in [-0.15, -0.1) is 0 Å². The summed E-state index contributed by atoms with van der Waals surface area (Å²) in [6.07, 6.45) is 0.511. The fraction of sp³-hybridized carbons (Fsp3) is 0.467. The topological polar surface area (TPSA) is 49.4 Å². The van der Waals surface area contributed by atoms with Crippen molar-refractivity contribution in [3.05, 3.63) is 35.6 Å². The van der Waals surface area contributed by atoms with Crippen LogP contribution in [0.4, 0.5) is 4.39 Å². The molecule has 1 atom stereocenters. The average Bonchev–Trinajstić information content (AvgIpc) is 2.36. The molecule has 0 heterocycles. The Kier molecular flexibility index (Phi) is 5.67. The van der Waals surface area contributed by atoms with Crippen molar-refractivity contribution in [2.24, 2.45) is 5.92 Å². The fourth-order valence-electron chi connectivity index (χ4n) is 1.89. The molecule has 2 amide bonds. The lowest BCUT2D eigenvalue weighted by Crippen LogP contribution is -2.47. The summed E-state index contributed by atoms with van der Waals surface area (Å²) in [5.74, 6) is -1.11. The first-order chi connectivity index (χ1) is 9.32. The van der Waals surface area contributed by atoms with Gasteiger partial charge in [-0.25, -0.2) is 4.39 Å². The van der Waals surface area contributed by atoms with Crippen molar-refractivity contribution in [1.82, 2.24) is 10.2 Å². The van der Waals surface area contributed by atoms with Gasteiger partial charge in [0.2, 0.25) is 5.91 Å². The van der Waals surface area contributed by atoms with Crippen molar-refractivity contribution in [2.75, 3.05) is 14.1 Å². The maximum atomic E-state index is 13.6. The molecule has 1 aromatic carbocycles. The number of hydrogen-bond acceptors (Lipinski definition) is 2. The molecule has 0 aliphatic carbocycles. The Balaban J connectivity index is 2.87. The number of amides is 2. The minimum Gasteiger partial charge on any atom is -0.347 e. The molecule has 1 N–H and O–H groups in total.